The molecule has 2 rings (SSSR count). The molecule has 1 aliphatic heterocycles. The van der Waals surface area contributed by atoms with Crippen molar-refractivity contribution >= 4 is 5.82 Å². The summed E-state index contributed by atoms with van der Waals surface area (Å²) in [5, 5.41) is 0. The minimum Gasteiger partial charge on any atom is -0.370 e. The summed E-state index contributed by atoms with van der Waals surface area (Å²) >= 11 is 0. The summed E-state index contributed by atoms with van der Waals surface area (Å²) in [6, 6.07) is 2.07. The van der Waals surface area contributed by atoms with Crippen LogP contribution in [0.1, 0.15) is 32.4 Å². The van der Waals surface area contributed by atoms with E-state index in [1.54, 1.807) is 6.33 Å². The molecule has 0 aromatic carbocycles. The standard InChI is InChI=1S/C13H22N4O/c1-9(2)12-4-13(16-8-15-12)17-6-10(3)18-11(5-14)7-17/h4,8-11H,5-7,14H2,1-3H3. The van der Waals surface area contributed by atoms with Crippen LogP contribution in [0.2, 0.25) is 0 Å². The van der Waals surface area contributed by atoms with Gasteiger partial charge in [-0.3, -0.25) is 0 Å². The zero-order valence-electron chi connectivity index (χ0n) is 11.3. The van der Waals surface area contributed by atoms with Crippen LogP contribution in [0.3, 0.4) is 0 Å². The van der Waals surface area contributed by atoms with E-state index >= 15 is 0 Å². The number of anilines is 1. The smallest absolute Gasteiger partial charge is 0.132 e. The normalized spacial score (nSPS) is 24.6. The van der Waals surface area contributed by atoms with Crippen LogP contribution in [-0.2, 0) is 4.74 Å². The Balaban J connectivity index is 2.17. The van der Waals surface area contributed by atoms with Crippen molar-refractivity contribution in [3.05, 3.63) is 18.1 Å². The van der Waals surface area contributed by atoms with Crippen LogP contribution >= 0.6 is 0 Å². The molecule has 1 aromatic rings. The van der Waals surface area contributed by atoms with Crippen LogP contribution in [0.4, 0.5) is 5.82 Å². The number of rotatable bonds is 3. The quantitative estimate of drug-likeness (QED) is 0.872. The molecule has 2 atom stereocenters. The zero-order chi connectivity index (χ0) is 13.1. The van der Waals surface area contributed by atoms with Gasteiger partial charge in [-0.25, -0.2) is 9.97 Å². The van der Waals surface area contributed by atoms with Crippen molar-refractivity contribution < 1.29 is 4.74 Å². The lowest BCUT2D eigenvalue weighted by Gasteiger charge is -2.37. The monoisotopic (exact) mass is 250 g/mol. The first kappa shape index (κ1) is 13.2. The highest BCUT2D eigenvalue weighted by atomic mass is 16.5. The molecule has 0 saturated carbocycles. The average molecular weight is 250 g/mol. The van der Waals surface area contributed by atoms with Crippen molar-refractivity contribution in [2.75, 3.05) is 24.5 Å². The van der Waals surface area contributed by atoms with Crippen molar-refractivity contribution in [2.45, 2.75) is 38.9 Å². The molecule has 2 unspecified atom stereocenters. The third-order valence-electron chi connectivity index (χ3n) is 3.18. The van der Waals surface area contributed by atoms with Gasteiger partial charge in [0.05, 0.1) is 12.2 Å². The maximum absolute atomic E-state index is 5.75. The highest BCUT2D eigenvalue weighted by Crippen LogP contribution is 2.20. The molecular formula is C13H22N4O. The number of aromatic nitrogens is 2. The predicted molar refractivity (Wildman–Crippen MR) is 71.7 cm³/mol. The Morgan fingerprint density at radius 3 is 2.89 bits per heavy atom. The minimum absolute atomic E-state index is 0.0891. The maximum atomic E-state index is 5.75. The zero-order valence-corrected chi connectivity index (χ0v) is 11.3. The van der Waals surface area contributed by atoms with Crippen LogP contribution in [0.5, 0.6) is 0 Å². The number of nitrogens with zero attached hydrogens (tertiary/aromatic N) is 3. The van der Waals surface area contributed by atoms with Crippen LogP contribution in [-0.4, -0.2) is 41.8 Å². The highest BCUT2D eigenvalue weighted by Gasteiger charge is 2.25. The summed E-state index contributed by atoms with van der Waals surface area (Å²) in [4.78, 5) is 10.9. The molecular weight excluding hydrogens is 228 g/mol. The summed E-state index contributed by atoms with van der Waals surface area (Å²) in [5.74, 6) is 1.39. The largest absolute Gasteiger partial charge is 0.370 e. The first-order chi connectivity index (χ1) is 8.60. The van der Waals surface area contributed by atoms with E-state index in [9.17, 15) is 0 Å². The summed E-state index contributed by atoms with van der Waals surface area (Å²) in [5.41, 5.74) is 6.77. The third-order valence-corrected chi connectivity index (χ3v) is 3.18. The first-order valence-corrected chi connectivity index (χ1v) is 6.52. The van der Waals surface area contributed by atoms with Gasteiger partial charge in [-0.15, -0.1) is 0 Å². The Morgan fingerprint density at radius 1 is 1.44 bits per heavy atom. The van der Waals surface area contributed by atoms with Crippen molar-refractivity contribution in [3.63, 3.8) is 0 Å². The van der Waals surface area contributed by atoms with E-state index < -0.39 is 0 Å². The van der Waals surface area contributed by atoms with E-state index in [1.165, 1.54) is 0 Å². The van der Waals surface area contributed by atoms with E-state index in [-0.39, 0.29) is 12.2 Å². The molecule has 1 saturated heterocycles. The molecule has 5 heteroatoms. The van der Waals surface area contributed by atoms with Crippen molar-refractivity contribution in [3.8, 4) is 0 Å². The molecule has 2 N–H and O–H groups in total. The SMILES string of the molecule is CC1CN(c2cc(C(C)C)ncn2)CC(CN)O1. The molecule has 1 fully saturated rings. The van der Waals surface area contributed by atoms with Crippen molar-refractivity contribution in [2.24, 2.45) is 5.73 Å². The van der Waals surface area contributed by atoms with E-state index in [4.69, 9.17) is 10.5 Å². The van der Waals surface area contributed by atoms with Gasteiger partial charge >= 0.3 is 0 Å². The second-order valence-corrected chi connectivity index (χ2v) is 5.17. The molecule has 0 bridgehead atoms. The lowest BCUT2D eigenvalue weighted by molar-refractivity contribution is -0.0107. The van der Waals surface area contributed by atoms with Gasteiger partial charge in [-0.05, 0) is 12.8 Å². The molecule has 5 nitrogen and oxygen atoms in total. The Bertz CT molecular complexity index is 396. The summed E-state index contributed by atoms with van der Waals surface area (Å²) < 4.78 is 5.75. The molecule has 2 heterocycles. The molecule has 1 aliphatic rings. The van der Waals surface area contributed by atoms with Gasteiger partial charge in [-0.2, -0.15) is 0 Å². The Kier molecular flexibility index (Phi) is 4.14. The molecule has 100 valence electrons. The second-order valence-electron chi connectivity index (χ2n) is 5.17. The Hall–Kier alpha value is -1.20. The first-order valence-electron chi connectivity index (χ1n) is 6.52. The topological polar surface area (TPSA) is 64.3 Å². The summed E-state index contributed by atoms with van der Waals surface area (Å²) in [6.07, 6.45) is 1.92. The summed E-state index contributed by atoms with van der Waals surface area (Å²) in [6.45, 7) is 8.54. The van der Waals surface area contributed by atoms with Gasteiger partial charge in [0.2, 0.25) is 0 Å². The second kappa shape index (κ2) is 5.63. The summed E-state index contributed by atoms with van der Waals surface area (Å²) in [7, 11) is 0. The average Bonchev–Trinajstić information content (AvgIpc) is 2.38. The van der Waals surface area contributed by atoms with Crippen LogP contribution in [0, 0.1) is 0 Å². The fraction of sp³-hybridized carbons (Fsp3) is 0.692. The molecule has 0 aliphatic carbocycles. The van der Waals surface area contributed by atoms with E-state index in [0.29, 0.717) is 12.5 Å². The van der Waals surface area contributed by atoms with Crippen LogP contribution < -0.4 is 10.6 Å². The van der Waals surface area contributed by atoms with Crippen molar-refractivity contribution in [1.82, 2.24) is 9.97 Å². The lowest BCUT2D eigenvalue weighted by atomic mass is 10.1. The van der Waals surface area contributed by atoms with Crippen molar-refractivity contribution in [1.29, 1.82) is 0 Å². The minimum atomic E-state index is 0.0891. The number of ether oxygens (including phenoxy) is 1. The van der Waals surface area contributed by atoms with E-state index in [1.807, 2.05) is 0 Å². The maximum Gasteiger partial charge on any atom is 0.132 e. The van der Waals surface area contributed by atoms with Gasteiger partial charge in [0.1, 0.15) is 12.1 Å². The van der Waals surface area contributed by atoms with Gasteiger partial charge < -0.3 is 15.4 Å². The number of hydrogen-bond acceptors (Lipinski definition) is 5. The number of morpholine rings is 1. The van der Waals surface area contributed by atoms with Gasteiger partial charge in [0, 0.05) is 31.4 Å². The number of hydrogen-bond donors (Lipinski definition) is 1. The molecule has 0 spiro atoms. The van der Waals surface area contributed by atoms with Crippen LogP contribution in [0.15, 0.2) is 12.4 Å². The molecule has 0 radical (unpaired) electrons. The Labute approximate surface area is 108 Å². The van der Waals surface area contributed by atoms with E-state index in [0.717, 1.165) is 24.6 Å². The third kappa shape index (κ3) is 2.97. The van der Waals surface area contributed by atoms with Gasteiger partial charge in [0.25, 0.3) is 0 Å². The fourth-order valence-corrected chi connectivity index (χ4v) is 2.21. The van der Waals surface area contributed by atoms with Gasteiger partial charge in [-0.1, -0.05) is 13.8 Å². The lowest BCUT2D eigenvalue weighted by Crippen LogP contribution is -2.49. The Morgan fingerprint density at radius 2 is 2.22 bits per heavy atom. The van der Waals surface area contributed by atoms with Crippen LogP contribution in [0.25, 0.3) is 0 Å². The van der Waals surface area contributed by atoms with Gasteiger partial charge in [0.15, 0.2) is 0 Å². The number of nitrogens with two attached hydrogens (primary N) is 1. The highest BCUT2D eigenvalue weighted by molar-refractivity contribution is 5.40. The van der Waals surface area contributed by atoms with E-state index in [2.05, 4.69) is 41.7 Å². The fourth-order valence-electron chi connectivity index (χ4n) is 2.21. The molecule has 1 aromatic heterocycles. The molecule has 0 amide bonds. The predicted octanol–water partition coefficient (Wildman–Crippen LogP) is 1.15. The molecule has 18 heavy (non-hydrogen) atoms.